The summed E-state index contributed by atoms with van der Waals surface area (Å²) >= 11 is 0. The van der Waals surface area contributed by atoms with Crippen LogP contribution in [0.2, 0.25) is 0 Å². The van der Waals surface area contributed by atoms with Crippen molar-refractivity contribution in [2.24, 2.45) is 17.8 Å². The summed E-state index contributed by atoms with van der Waals surface area (Å²) < 4.78 is 10.4. The van der Waals surface area contributed by atoms with Gasteiger partial charge in [0, 0.05) is 18.3 Å². The molecule has 1 aliphatic rings. The van der Waals surface area contributed by atoms with Crippen LogP contribution in [0.3, 0.4) is 0 Å². The van der Waals surface area contributed by atoms with Crippen molar-refractivity contribution in [2.45, 2.75) is 20.3 Å². The Morgan fingerprint density at radius 3 is 2.39 bits per heavy atom. The quantitative estimate of drug-likeness (QED) is 0.806. The molecule has 1 saturated carbocycles. The number of methoxy groups -OCH3 is 2. The van der Waals surface area contributed by atoms with Gasteiger partial charge in [-0.3, -0.25) is 9.59 Å². The molecule has 2 unspecified atom stereocenters. The third-order valence-electron chi connectivity index (χ3n) is 3.80. The number of hydrogen-bond donors (Lipinski definition) is 2. The summed E-state index contributed by atoms with van der Waals surface area (Å²) in [5.41, 5.74) is 0.626. The molecule has 2 atom stereocenters. The van der Waals surface area contributed by atoms with Crippen LogP contribution in [0.25, 0.3) is 0 Å². The third-order valence-corrected chi connectivity index (χ3v) is 3.80. The van der Waals surface area contributed by atoms with E-state index in [-0.39, 0.29) is 23.7 Å². The summed E-state index contributed by atoms with van der Waals surface area (Å²) in [6.45, 7) is 4.71. The fourth-order valence-electron chi connectivity index (χ4n) is 2.36. The van der Waals surface area contributed by atoms with Gasteiger partial charge in [0.2, 0.25) is 11.8 Å². The molecule has 2 rings (SSSR count). The minimum atomic E-state index is -0.254. The lowest BCUT2D eigenvalue weighted by molar-refractivity contribution is -0.125. The van der Waals surface area contributed by atoms with Crippen molar-refractivity contribution in [3.05, 3.63) is 18.2 Å². The van der Waals surface area contributed by atoms with Gasteiger partial charge in [-0.05, 0) is 24.5 Å². The van der Waals surface area contributed by atoms with Gasteiger partial charge in [-0.1, -0.05) is 13.8 Å². The summed E-state index contributed by atoms with van der Waals surface area (Å²) in [6.07, 6.45) is 0.600. The van der Waals surface area contributed by atoms with E-state index >= 15 is 0 Å². The number of benzene rings is 1. The molecule has 0 aromatic heterocycles. The Morgan fingerprint density at radius 2 is 1.78 bits per heavy atom. The Balaban J connectivity index is 1.90. The van der Waals surface area contributed by atoms with E-state index in [4.69, 9.17) is 9.47 Å². The highest BCUT2D eigenvalue weighted by Gasteiger charge is 2.47. The summed E-state index contributed by atoms with van der Waals surface area (Å²) in [5, 5.41) is 5.70. The second kappa shape index (κ2) is 7.35. The topological polar surface area (TPSA) is 76.7 Å². The number of hydrogen-bond acceptors (Lipinski definition) is 4. The molecule has 1 aromatic carbocycles. The first kappa shape index (κ1) is 17.1. The van der Waals surface area contributed by atoms with Crippen LogP contribution in [-0.2, 0) is 9.59 Å². The second-order valence-electron chi connectivity index (χ2n) is 6.15. The molecule has 1 fully saturated rings. The summed E-state index contributed by atoms with van der Waals surface area (Å²) in [5.74, 6) is 0.907. The highest BCUT2D eigenvalue weighted by atomic mass is 16.5. The molecule has 0 spiro atoms. The molecule has 126 valence electrons. The summed E-state index contributed by atoms with van der Waals surface area (Å²) in [4.78, 5) is 24.2. The first-order valence-electron chi connectivity index (χ1n) is 7.76. The molecule has 0 radical (unpaired) electrons. The van der Waals surface area contributed by atoms with Gasteiger partial charge in [-0.25, -0.2) is 0 Å². The van der Waals surface area contributed by atoms with Crippen LogP contribution in [0.15, 0.2) is 18.2 Å². The second-order valence-corrected chi connectivity index (χ2v) is 6.15. The Bertz CT molecular complexity index is 586. The van der Waals surface area contributed by atoms with E-state index in [9.17, 15) is 9.59 Å². The molecule has 6 nitrogen and oxygen atoms in total. The largest absolute Gasteiger partial charge is 0.493 e. The van der Waals surface area contributed by atoms with Crippen molar-refractivity contribution in [3.63, 3.8) is 0 Å². The average molecular weight is 320 g/mol. The maximum atomic E-state index is 12.2. The normalized spacial score (nSPS) is 19.2. The molecule has 0 saturated heterocycles. The van der Waals surface area contributed by atoms with Gasteiger partial charge in [-0.15, -0.1) is 0 Å². The predicted molar refractivity (Wildman–Crippen MR) is 87.6 cm³/mol. The van der Waals surface area contributed by atoms with Crippen molar-refractivity contribution in [3.8, 4) is 11.5 Å². The molecule has 23 heavy (non-hydrogen) atoms. The number of anilines is 1. The van der Waals surface area contributed by atoms with Crippen molar-refractivity contribution in [2.75, 3.05) is 26.1 Å². The van der Waals surface area contributed by atoms with Crippen LogP contribution in [-0.4, -0.2) is 32.6 Å². The van der Waals surface area contributed by atoms with Gasteiger partial charge in [0.05, 0.1) is 26.1 Å². The minimum Gasteiger partial charge on any atom is -0.493 e. The highest BCUT2D eigenvalue weighted by molar-refractivity contribution is 5.99. The SMILES string of the molecule is COc1ccc(NC(=O)C2CC2C(=O)NCC(C)C)cc1OC. The predicted octanol–water partition coefficient (Wildman–Crippen LogP) is 2.05. The average Bonchev–Trinajstić information content (AvgIpc) is 3.33. The van der Waals surface area contributed by atoms with Crippen molar-refractivity contribution in [1.82, 2.24) is 5.32 Å². The Hall–Kier alpha value is -2.24. The molecule has 0 bridgehead atoms. The van der Waals surface area contributed by atoms with E-state index in [2.05, 4.69) is 10.6 Å². The minimum absolute atomic E-state index is 0.0360. The van der Waals surface area contributed by atoms with Crippen molar-refractivity contribution in [1.29, 1.82) is 0 Å². The molecule has 1 aromatic rings. The lowest BCUT2D eigenvalue weighted by Gasteiger charge is -2.11. The van der Waals surface area contributed by atoms with Gasteiger partial charge in [0.15, 0.2) is 11.5 Å². The molecule has 1 aliphatic carbocycles. The fraction of sp³-hybridized carbons (Fsp3) is 0.529. The first-order chi connectivity index (χ1) is 11.0. The highest BCUT2D eigenvalue weighted by Crippen LogP contribution is 2.40. The lowest BCUT2D eigenvalue weighted by atomic mass is 10.2. The maximum absolute atomic E-state index is 12.2. The van der Waals surface area contributed by atoms with Gasteiger partial charge in [-0.2, -0.15) is 0 Å². The number of amides is 2. The zero-order valence-corrected chi connectivity index (χ0v) is 14.0. The van der Waals surface area contributed by atoms with E-state index in [1.54, 1.807) is 32.4 Å². The molecular weight excluding hydrogens is 296 g/mol. The monoisotopic (exact) mass is 320 g/mol. The van der Waals surface area contributed by atoms with Gasteiger partial charge < -0.3 is 20.1 Å². The molecule has 6 heteroatoms. The maximum Gasteiger partial charge on any atom is 0.228 e. The number of rotatable bonds is 7. The van der Waals surface area contributed by atoms with E-state index in [1.165, 1.54) is 0 Å². The van der Waals surface area contributed by atoms with Crippen molar-refractivity contribution < 1.29 is 19.1 Å². The van der Waals surface area contributed by atoms with E-state index in [0.29, 0.717) is 36.1 Å². The van der Waals surface area contributed by atoms with Gasteiger partial charge in [0.1, 0.15) is 0 Å². The van der Waals surface area contributed by atoms with Crippen molar-refractivity contribution >= 4 is 17.5 Å². The van der Waals surface area contributed by atoms with Crippen LogP contribution in [0, 0.1) is 17.8 Å². The number of carbonyl (C=O) groups excluding carboxylic acids is 2. The molecule has 0 aliphatic heterocycles. The number of ether oxygens (including phenoxy) is 2. The van der Waals surface area contributed by atoms with Crippen LogP contribution in [0.5, 0.6) is 11.5 Å². The van der Waals surface area contributed by atoms with Gasteiger partial charge in [0.25, 0.3) is 0 Å². The summed E-state index contributed by atoms with van der Waals surface area (Å²) in [6, 6.07) is 5.18. The third kappa shape index (κ3) is 4.37. The van der Waals surface area contributed by atoms with E-state index in [1.807, 2.05) is 13.8 Å². The molecule has 2 amide bonds. The van der Waals surface area contributed by atoms with Crippen LogP contribution >= 0.6 is 0 Å². The lowest BCUT2D eigenvalue weighted by Crippen LogP contribution is -2.30. The Morgan fingerprint density at radius 1 is 1.13 bits per heavy atom. The van der Waals surface area contributed by atoms with E-state index < -0.39 is 0 Å². The molecular formula is C17H24N2O4. The standard InChI is InChI=1S/C17H24N2O4/c1-10(2)9-18-16(20)12-8-13(12)17(21)19-11-5-6-14(22-3)15(7-11)23-4/h5-7,10,12-13H,8-9H2,1-4H3,(H,18,20)(H,19,21). The Kier molecular flexibility index (Phi) is 5.47. The molecule has 0 heterocycles. The molecule has 2 N–H and O–H groups in total. The smallest absolute Gasteiger partial charge is 0.228 e. The number of carbonyl (C=O) groups is 2. The Labute approximate surface area is 136 Å². The van der Waals surface area contributed by atoms with E-state index in [0.717, 1.165) is 0 Å². The van der Waals surface area contributed by atoms with Crippen LogP contribution < -0.4 is 20.1 Å². The zero-order valence-electron chi connectivity index (χ0n) is 14.0. The fourth-order valence-corrected chi connectivity index (χ4v) is 2.36. The first-order valence-corrected chi connectivity index (χ1v) is 7.76. The van der Waals surface area contributed by atoms with Gasteiger partial charge >= 0.3 is 0 Å². The van der Waals surface area contributed by atoms with Crippen LogP contribution in [0.4, 0.5) is 5.69 Å². The van der Waals surface area contributed by atoms with Crippen LogP contribution in [0.1, 0.15) is 20.3 Å². The number of nitrogens with one attached hydrogen (secondary N) is 2. The zero-order chi connectivity index (χ0) is 17.0. The summed E-state index contributed by atoms with van der Waals surface area (Å²) in [7, 11) is 3.10.